The molecule has 0 aromatic heterocycles. The zero-order valence-electron chi connectivity index (χ0n) is 36.8. The van der Waals surface area contributed by atoms with E-state index in [4.69, 9.17) is 9.98 Å². The van der Waals surface area contributed by atoms with E-state index < -0.39 is 0 Å². The predicted octanol–water partition coefficient (Wildman–Crippen LogP) is 17.2. The average molecular weight is 835 g/mol. The lowest BCUT2D eigenvalue weighted by atomic mass is 9.78. The van der Waals surface area contributed by atoms with E-state index in [1.54, 1.807) is 0 Å². The van der Waals surface area contributed by atoms with E-state index in [2.05, 4.69) is 232 Å². The van der Waals surface area contributed by atoms with Gasteiger partial charge >= 0.3 is 0 Å². The summed E-state index contributed by atoms with van der Waals surface area (Å²) in [5, 5.41) is 2.33. The van der Waals surface area contributed by atoms with Gasteiger partial charge in [-0.15, -0.1) is 0 Å². The minimum Gasteiger partial charge on any atom is -0.233 e. The van der Waals surface area contributed by atoms with Crippen LogP contribution in [-0.4, -0.2) is 11.5 Å². The maximum absolute atomic E-state index is 5.32. The quantitative estimate of drug-likeness (QED) is 0.0969. The number of hydrogen-bond donors (Lipinski definition) is 0. The molecule has 2 heteroatoms. The normalized spacial score (nSPS) is 13.1. The van der Waals surface area contributed by atoms with Gasteiger partial charge in [0.2, 0.25) is 0 Å². The summed E-state index contributed by atoms with van der Waals surface area (Å²) < 4.78 is 0. The zero-order chi connectivity index (χ0) is 44.0. The van der Waals surface area contributed by atoms with Crippen molar-refractivity contribution in [2.75, 3.05) is 0 Å². The van der Waals surface area contributed by atoms with E-state index in [9.17, 15) is 0 Å². The van der Waals surface area contributed by atoms with Gasteiger partial charge < -0.3 is 0 Å². The smallest absolute Gasteiger partial charge is 0.155 e. The third kappa shape index (κ3) is 8.60. The number of rotatable bonds is 10. The van der Waals surface area contributed by atoms with Crippen LogP contribution in [0.15, 0.2) is 247 Å². The van der Waals surface area contributed by atoms with Crippen molar-refractivity contribution in [2.45, 2.75) is 32.6 Å². The van der Waals surface area contributed by atoms with Crippen molar-refractivity contribution in [2.24, 2.45) is 9.98 Å². The summed E-state index contributed by atoms with van der Waals surface area (Å²) in [6.07, 6.45) is 6.63. The maximum atomic E-state index is 5.32. The van der Waals surface area contributed by atoms with Crippen LogP contribution in [0.2, 0.25) is 0 Å². The van der Waals surface area contributed by atoms with E-state index in [1.165, 1.54) is 67.5 Å². The molecule has 0 atom stereocenters. The molecule has 312 valence electrons. The van der Waals surface area contributed by atoms with E-state index >= 15 is 0 Å². The maximum Gasteiger partial charge on any atom is 0.155 e. The van der Waals surface area contributed by atoms with Gasteiger partial charge in [0.15, 0.2) is 5.84 Å². The summed E-state index contributed by atoms with van der Waals surface area (Å²) in [5.41, 5.74) is 18.9. The minimum atomic E-state index is 0.698. The summed E-state index contributed by atoms with van der Waals surface area (Å²) in [6.45, 7) is 6.74. The molecule has 1 aliphatic rings. The molecule has 10 rings (SSSR count). The van der Waals surface area contributed by atoms with Crippen LogP contribution in [0.4, 0.5) is 0 Å². The fourth-order valence-corrected chi connectivity index (χ4v) is 9.40. The minimum absolute atomic E-state index is 0.698. The SMILES string of the molecule is C=C(N=C(N=C(C)c1ccccc1)C1=CCCCC1)c1ccc2ccccc2c1-c1ccc(-c2cc(-c3ccccc3)c(-c3ccccc3)c(-c3ccccc3)c2-c2ccccc2)cc1. The van der Waals surface area contributed by atoms with Gasteiger partial charge in [0.25, 0.3) is 0 Å². The monoisotopic (exact) mass is 834 g/mol. The number of aliphatic imine (C=N–C) groups is 2. The Morgan fingerprint density at radius 2 is 0.908 bits per heavy atom. The van der Waals surface area contributed by atoms with Crippen LogP contribution in [0.5, 0.6) is 0 Å². The Morgan fingerprint density at radius 1 is 0.431 bits per heavy atom. The number of fused-ring (bicyclic) bond motifs is 1. The topological polar surface area (TPSA) is 24.7 Å². The molecule has 0 saturated heterocycles. The van der Waals surface area contributed by atoms with E-state index in [0.717, 1.165) is 64.0 Å². The fourth-order valence-electron chi connectivity index (χ4n) is 9.40. The molecule has 0 heterocycles. The van der Waals surface area contributed by atoms with Crippen molar-refractivity contribution in [1.29, 1.82) is 0 Å². The standard InChI is InChI=1S/C63H50N2/c1-44(46-23-9-3-10-24-46)64-63(54-34-19-8-20-35-54)65-45(2)55-42-41-48-27-21-22-36-56(48)59(55)53-39-37-49(38-40-53)58-43-57(47-25-11-4-12-26-47)60(50-28-13-5-14-29-50)62(52-32-17-7-18-33-52)61(58)51-30-15-6-16-31-51/h3-7,9-18,21-34,36-43H,2,8,19-20,35H2,1H3. The van der Waals surface area contributed by atoms with Gasteiger partial charge in [-0.05, 0) is 127 Å². The van der Waals surface area contributed by atoms with E-state index in [0.29, 0.717) is 5.70 Å². The lowest BCUT2D eigenvalue weighted by Gasteiger charge is -2.24. The van der Waals surface area contributed by atoms with Gasteiger partial charge in [-0.25, -0.2) is 9.98 Å². The highest BCUT2D eigenvalue weighted by Gasteiger charge is 2.24. The molecule has 0 radical (unpaired) electrons. The molecule has 0 spiro atoms. The Kier molecular flexibility index (Phi) is 11.9. The van der Waals surface area contributed by atoms with E-state index in [1.807, 2.05) is 6.07 Å². The molecule has 0 N–H and O–H groups in total. The molecule has 9 aromatic carbocycles. The number of hydrogen-bond acceptors (Lipinski definition) is 1. The van der Waals surface area contributed by atoms with Gasteiger partial charge in [-0.2, -0.15) is 0 Å². The third-order valence-corrected chi connectivity index (χ3v) is 12.6. The number of allylic oxidation sites excluding steroid dienone is 1. The Morgan fingerprint density at radius 3 is 1.48 bits per heavy atom. The number of nitrogens with zero attached hydrogens (tertiary/aromatic N) is 2. The Hall–Kier alpha value is -7.94. The fraction of sp³-hybridized carbons (Fsp3) is 0.0794. The molecule has 0 bridgehead atoms. The molecule has 0 saturated carbocycles. The van der Waals surface area contributed by atoms with Crippen molar-refractivity contribution >= 4 is 28.0 Å². The second-order valence-electron chi connectivity index (χ2n) is 16.8. The first kappa shape index (κ1) is 41.1. The molecule has 9 aromatic rings. The van der Waals surface area contributed by atoms with Gasteiger partial charge in [-0.3, -0.25) is 0 Å². The van der Waals surface area contributed by atoms with Gasteiger partial charge in [-0.1, -0.05) is 225 Å². The Balaban J connectivity index is 1.17. The largest absolute Gasteiger partial charge is 0.233 e. The second kappa shape index (κ2) is 18.8. The van der Waals surface area contributed by atoms with Crippen molar-refractivity contribution in [3.8, 4) is 66.8 Å². The second-order valence-corrected chi connectivity index (χ2v) is 16.8. The van der Waals surface area contributed by atoms with Gasteiger partial charge in [0.1, 0.15) is 0 Å². The first-order chi connectivity index (χ1) is 32.1. The average Bonchev–Trinajstić information content (AvgIpc) is 3.39. The van der Waals surface area contributed by atoms with Crippen molar-refractivity contribution in [1.82, 2.24) is 0 Å². The lowest BCUT2D eigenvalue weighted by Crippen LogP contribution is -2.08. The number of benzene rings is 9. The molecule has 0 aliphatic heterocycles. The van der Waals surface area contributed by atoms with Crippen LogP contribution < -0.4 is 0 Å². The summed E-state index contributed by atoms with van der Waals surface area (Å²) in [7, 11) is 0. The molecule has 0 amide bonds. The van der Waals surface area contributed by atoms with E-state index in [-0.39, 0.29) is 0 Å². The van der Waals surface area contributed by atoms with Crippen LogP contribution in [-0.2, 0) is 0 Å². The van der Waals surface area contributed by atoms with Gasteiger partial charge in [0, 0.05) is 11.3 Å². The Labute approximate surface area is 383 Å². The predicted molar refractivity (Wildman–Crippen MR) is 278 cm³/mol. The van der Waals surface area contributed by atoms with Crippen LogP contribution in [0.1, 0.15) is 43.7 Å². The molecule has 0 unspecified atom stereocenters. The molecule has 0 fully saturated rings. The molecule has 2 nitrogen and oxygen atoms in total. The summed E-state index contributed by atoms with van der Waals surface area (Å²) in [4.78, 5) is 10.5. The van der Waals surface area contributed by atoms with Crippen molar-refractivity contribution in [3.05, 3.63) is 248 Å². The first-order valence-corrected chi connectivity index (χ1v) is 22.7. The zero-order valence-corrected chi connectivity index (χ0v) is 36.8. The highest BCUT2D eigenvalue weighted by Crippen LogP contribution is 2.50. The van der Waals surface area contributed by atoms with Gasteiger partial charge in [0.05, 0.1) is 5.70 Å². The molecular formula is C63H50N2. The van der Waals surface area contributed by atoms with Crippen LogP contribution in [0, 0.1) is 0 Å². The Bertz CT molecular complexity index is 3220. The lowest BCUT2D eigenvalue weighted by molar-refractivity contribution is 0.716. The summed E-state index contributed by atoms with van der Waals surface area (Å²) in [6, 6.07) is 78.4. The first-order valence-electron chi connectivity index (χ1n) is 22.7. The molecular weight excluding hydrogens is 785 g/mol. The highest BCUT2D eigenvalue weighted by molar-refractivity contribution is 6.13. The van der Waals surface area contributed by atoms with Crippen LogP contribution >= 0.6 is 0 Å². The van der Waals surface area contributed by atoms with Crippen molar-refractivity contribution < 1.29 is 0 Å². The third-order valence-electron chi connectivity index (χ3n) is 12.6. The van der Waals surface area contributed by atoms with Crippen LogP contribution in [0.3, 0.4) is 0 Å². The highest BCUT2D eigenvalue weighted by atomic mass is 14.9. The van der Waals surface area contributed by atoms with Crippen molar-refractivity contribution in [3.63, 3.8) is 0 Å². The number of amidine groups is 1. The molecule has 1 aliphatic carbocycles. The summed E-state index contributed by atoms with van der Waals surface area (Å²) >= 11 is 0. The summed E-state index contributed by atoms with van der Waals surface area (Å²) in [5.74, 6) is 0.751. The molecule has 65 heavy (non-hydrogen) atoms. The van der Waals surface area contributed by atoms with Crippen LogP contribution in [0.25, 0.3) is 83.2 Å².